The summed E-state index contributed by atoms with van der Waals surface area (Å²) in [4.78, 5) is 12.7. The highest BCUT2D eigenvalue weighted by molar-refractivity contribution is 5.76. The van der Waals surface area contributed by atoms with Gasteiger partial charge in [0.1, 0.15) is 6.10 Å². The average molecular weight is 347 g/mol. The van der Waals surface area contributed by atoms with Crippen molar-refractivity contribution >= 4 is 5.97 Å². The van der Waals surface area contributed by atoms with E-state index in [0.29, 0.717) is 29.6 Å². The molecule has 5 atom stereocenters. The van der Waals surface area contributed by atoms with E-state index >= 15 is 0 Å². The molecule has 0 aromatic rings. The zero-order valence-corrected chi connectivity index (χ0v) is 17.3. The molecule has 2 nitrogen and oxygen atoms in total. The second kappa shape index (κ2) is 8.10. The number of fused-ring (bicyclic) bond motifs is 1. The number of hydrogen-bond acceptors (Lipinski definition) is 2. The Kier molecular flexibility index (Phi) is 6.56. The molecular formula is C23H38O2. The lowest BCUT2D eigenvalue weighted by atomic mass is 9.65. The minimum absolute atomic E-state index is 0.0258. The van der Waals surface area contributed by atoms with Crippen molar-refractivity contribution in [1.82, 2.24) is 0 Å². The van der Waals surface area contributed by atoms with Gasteiger partial charge in [-0.1, -0.05) is 59.3 Å². The van der Waals surface area contributed by atoms with E-state index in [0.717, 1.165) is 12.8 Å². The maximum Gasteiger partial charge on any atom is 0.311 e. The maximum atomic E-state index is 12.7. The summed E-state index contributed by atoms with van der Waals surface area (Å²) in [7, 11) is 0. The molecule has 2 aliphatic rings. The number of esters is 1. The molecule has 2 rings (SSSR count). The summed E-state index contributed by atoms with van der Waals surface area (Å²) in [5.74, 6) is 2.65. The Morgan fingerprint density at radius 2 is 2.00 bits per heavy atom. The third kappa shape index (κ3) is 4.77. The molecule has 0 aromatic carbocycles. The van der Waals surface area contributed by atoms with Crippen LogP contribution in [-0.2, 0) is 9.53 Å². The third-order valence-electron chi connectivity index (χ3n) is 6.37. The van der Waals surface area contributed by atoms with Gasteiger partial charge in [0.2, 0.25) is 0 Å². The first-order chi connectivity index (χ1) is 11.7. The molecule has 25 heavy (non-hydrogen) atoms. The van der Waals surface area contributed by atoms with E-state index in [2.05, 4.69) is 52.8 Å². The van der Waals surface area contributed by atoms with Crippen LogP contribution in [0.3, 0.4) is 0 Å². The van der Waals surface area contributed by atoms with Crippen molar-refractivity contribution in [3.63, 3.8) is 0 Å². The van der Waals surface area contributed by atoms with Gasteiger partial charge in [-0.05, 0) is 62.4 Å². The van der Waals surface area contributed by atoms with Crippen LogP contribution < -0.4 is 0 Å². The van der Waals surface area contributed by atoms with Crippen molar-refractivity contribution < 1.29 is 9.53 Å². The van der Waals surface area contributed by atoms with E-state index in [1.165, 1.54) is 18.4 Å². The van der Waals surface area contributed by atoms with Gasteiger partial charge in [0, 0.05) is 5.92 Å². The molecule has 142 valence electrons. The molecule has 2 unspecified atom stereocenters. The van der Waals surface area contributed by atoms with Crippen molar-refractivity contribution in [2.24, 2.45) is 35.0 Å². The molecule has 0 heterocycles. The van der Waals surface area contributed by atoms with E-state index in [-0.39, 0.29) is 12.1 Å². The van der Waals surface area contributed by atoms with Gasteiger partial charge in [-0.15, -0.1) is 0 Å². The summed E-state index contributed by atoms with van der Waals surface area (Å²) in [6.45, 7) is 15.2. The predicted molar refractivity (Wildman–Crippen MR) is 105 cm³/mol. The Bertz CT molecular complexity index is 526. The number of ether oxygens (including phenoxy) is 1. The van der Waals surface area contributed by atoms with Crippen LogP contribution in [0.25, 0.3) is 0 Å². The van der Waals surface area contributed by atoms with Gasteiger partial charge in [-0.25, -0.2) is 0 Å². The molecule has 0 saturated heterocycles. The number of carbonyl (C=O) groups excluding carboxylic acids is 1. The Hall–Kier alpha value is -1.05. The lowest BCUT2D eigenvalue weighted by Gasteiger charge is -2.44. The van der Waals surface area contributed by atoms with Crippen molar-refractivity contribution in [3.8, 4) is 0 Å². The third-order valence-corrected chi connectivity index (χ3v) is 6.37. The highest BCUT2D eigenvalue weighted by Gasteiger charge is 2.42. The molecule has 0 aromatic heterocycles. The molecule has 2 heteroatoms. The molecule has 0 amide bonds. The van der Waals surface area contributed by atoms with Gasteiger partial charge in [0.05, 0.1) is 5.41 Å². The van der Waals surface area contributed by atoms with Crippen molar-refractivity contribution in [2.75, 3.05) is 0 Å². The fourth-order valence-corrected chi connectivity index (χ4v) is 4.19. The summed E-state index contributed by atoms with van der Waals surface area (Å²) < 4.78 is 6.16. The fourth-order valence-electron chi connectivity index (χ4n) is 4.19. The second-order valence-electron chi connectivity index (χ2n) is 9.44. The van der Waals surface area contributed by atoms with Crippen molar-refractivity contribution in [2.45, 2.75) is 80.3 Å². The van der Waals surface area contributed by atoms with E-state index < -0.39 is 5.41 Å². The number of carbonyl (C=O) groups is 1. The SMILES string of the molecule is CCC(C)(C)C(=O)OC1CC(C)C=C2C=C[C@H](C)[C@H](CCC(C)C)[C@H]21. The monoisotopic (exact) mass is 346 g/mol. The highest BCUT2D eigenvalue weighted by atomic mass is 16.5. The first-order valence-electron chi connectivity index (χ1n) is 10.3. The Morgan fingerprint density at radius 1 is 1.32 bits per heavy atom. The zero-order valence-electron chi connectivity index (χ0n) is 17.3. The topological polar surface area (TPSA) is 26.3 Å². The van der Waals surface area contributed by atoms with Gasteiger partial charge in [-0.3, -0.25) is 4.79 Å². The van der Waals surface area contributed by atoms with Gasteiger partial charge in [0.15, 0.2) is 0 Å². The van der Waals surface area contributed by atoms with Gasteiger partial charge >= 0.3 is 5.97 Å². The standard InChI is InChI=1S/C23H38O2/c1-8-23(6,7)22(24)25-20-14-16(4)13-18-11-10-17(5)19(21(18)20)12-9-15(2)3/h10-11,13,15-17,19-21H,8-9,12,14H2,1-7H3/t16?,17-,19-,20?,21-/m0/s1. The van der Waals surface area contributed by atoms with E-state index in [1.54, 1.807) is 0 Å². The molecule has 0 bridgehead atoms. The molecular weight excluding hydrogens is 308 g/mol. The molecule has 0 aliphatic heterocycles. The van der Waals surface area contributed by atoms with Gasteiger partial charge in [-0.2, -0.15) is 0 Å². The smallest absolute Gasteiger partial charge is 0.311 e. The van der Waals surface area contributed by atoms with Crippen LogP contribution in [0.2, 0.25) is 0 Å². The summed E-state index contributed by atoms with van der Waals surface area (Å²) in [5, 5.41) is 0. The minimum atomic E-state index is -0.395. The largest absolute Gasteiger partial charge is 0.461 e. The van der Waals surface area contributed by atoms with Crippen LogP contribution in [0.1, 0.15) is 74.1 Å². The first kappa shape index (κ1) is 20.3. The van der Waals surface area contributed by atoms with Gasteiger partial charge < -0.3 is 4.74 Å². The van der Waals surface area contributed by atoms with E-state index in [4.69, 9.17) is 4.74 Å². The Labute approximate surface area is 155 Å². The molecule has 0 N–H and O–H groups in total. The number of allylic oxidation sites excluding steroid dienone is 3. The Morgan fingerprint density at radius 3 is 2.60 bits per heavy atom. The normalized spacial score (nSPS) is 32.3. The quantitative estimate of drug-likeness (QED) is 0.537. The van der Waals surface area contributed by atoms with Crippen LogP contribution in [0.5, 0.6) is 0 Å². The maximum absolute atomic E-state index is 12.7. The average Bonchev–Trinajstić information content (AvgIpc) is 2.53. The van der Waals surface area contributed by atoms with Crippen LogP contribution in [0.4, 0.5) is 0 Å². The highest BCUT2D eigenvalue weighted by Crippen LogP contribution is 2.45. The summed E-state index contributed by atoms with van der Waals surface area (Å²) >= 11 is 0. The van der Waals surface area contributed by atoms with Crippen molar-refractivity contribution in [1.29, 1.82) is 0 Å². The van der Waals surface area contributed by atoms with Crippen LogP contribution >= 0.6 is 0 Å². The van der Waals surface area contributed by atoms with E-state index in [1.807, 2.05) is 13.8 Å². The minimum Gasteiger partial charge on any atom is -0.461 e. The molecule has 0 saturated carbocycles. The predicted octanol–water partition coefficient (Wildman–Crippen LogP) is 6.18. The molecule has 2 aliphatic carbocycles. The first-order valence-corrected chi connectivity index (χ1v) is 10.3. The van der Waals surface area contributed by atoms with Gasteiger partial charge in [0.25, 0.3) is 0 Å². The van der Waals surface area contributed by atoms with Crippen LogP contribution in [0.15, 0.2) is 23.8 Å². The summed E-state index contributed by atoms with van der Waals surface area (Å²) in [6, 6.07) is 0. The van der Waals surface area contributed by atoms with E-state index in [9.17, 15) is 4.79 Å². The van der Waals surface area contributed by atoms with Crippen molar-refractivity contribution in [3.05, 3.63) is 23.8 Å². The zero-order chi connectivity index (χ0) is 18.8. The summed E-state index contributed by atoms with van der Waals surface area (Å²) in [5.41, 5.74) is 1.01. The molecule has 0 spiro atoms. The lowest BCUT2D eigenvalue weighted by molar-refractivity contribution is -0.164. The second-order valence-corrected chi connectivity index (χ2v) is 9.44. The fraction of sp³-hybridized carbons (Fsp3) is 0.783. The summed E-state index contributed by atoms with van der Waals surface area (Å²) in [6.07, 6.45) is 11.3. The molecule has 0 fully saturated rings. The molecule has 0 radical (unpaired) electrons. The Balaban J connectivity index is 2.25. The number of rotatable bonds is 6. The van der Waals surface area contributed by atoms with Crippen LogP contribution in [0, 0.1) is 35.0 Å². The lowest BCUT2D eigenvalue weighted by Crippen LogP contribution is -2.42. The number of hydrogen-bond donors (Lipinski definition) is 0. The van der Waals surface area contributed by atoms with Crippen LogP contribution in [-0.4, -0.2) is 12.1 Å².